The molecule has 0 aliphatic carbocycles. The van der Waals surface area contributed by atoms with E-state index in [2.05, 4.69) is 4.98 Å². The topological polar surface area (TPSA) is 52.3 Å². The third-order valence-electron chi connectivity index (χ3n) is 2.70. The Morgan fingerprint density at radius 3 is 2.71 bits per heavy atom. The number of methoxy groups -OCH3 is 1. The van der Waals surface area contributed by atoms with E-state index in [1.807, 2.05) is 26.0 Å². The van der Waals surface area contributed by atoms with E-state index in [-0.39, 0.29) is 5.76 Å². The van der Waals surface area contributed by atoms with Crippen molar-refractivity contribution in [3.8, 4) is 17.0 Å². The average Bonchev–Trinajstić information content (AvgIpc) is 2.79. The van der Waals surface area contributed by atoms with Gasteiger partial charge in [0, 0.05) is 5.56 Å². The van der Waals surface area contributed by atoms with Crippen molar-refractivity contribution in [1.29, 1.82) is 0 Å². The number of ether oxygens (including phenoxy) is 1. The number of aryl methyl sites for hydroxylation is 2. The lowest BCUT2D eigenvalue weighted by molar-refractivity contribution is 0.110. The van der Waals surface area contributed by atoms with Gasteiger partial charge in [0.15, 0.2) is 18.4 Å². The SMILES string of the molecule is COc1cc(C)c(-c2ncoc2C=O)cc1C. The molecule has 0 atom stereocenters. The highest BCUT2D eigenvalue weighted by atomic mass is 16.5. The molecule has 0 spiro atoms. The third kappa shape index (κ3) is 1.93. The van der Waals surface area contributed by atoms with Gasteiger partial charge in [0.25, 0.3) is 0 Å². The zero-order valence-electron chi connectivity index (χ0n) is 9.98. The van der Waals surface area contributed by atoms with Gasteiger partial charge in [-0.25, -0.2) is 4.98 Å². The van der Waals surface area contributed by atoms with Crippen molar-refractivity contribution >= 4 is 6.29 Å². The van der Waals surface area contributed by atoms with Gasteiger partial charge in [0.05, 0.1) is 7.11 Å². The van der Waals surface area contributed by atoms with Crippen LogP contribution in [0.15, 0.2) is 22.9 Å². The Kier molecular flexibility index (Phi) is 2.95. The molecule has 0 fully saturated rings. The number of rotatable bonds is 3. The van der Waals surface area contributed by atoms with E-state index in [9.17, 15) is 4.79 Å². The maximum Gasteiger partial charge on any atom is 0.194 e. The molecule has 4 heteroatoms. The molecule has 2 rings (SSSR count). The minimum absolute atomic E-state index is 0.248. The number of carbonyl (C=O) groups excluding carboxylic acids is 1. The number of hydrogen-bond acceptors (Lipinski definition) is 4. The first-order valence-electron chi connectivity index (χ1n) is 5.21. The Morgan fingerprint density at radius 1 is 1.29 bits per heavy atom. The zero-order chi connectivity index (χ0) is 12.4. The van der Waals surface area contributed by atoms with Crippen LogP contribution in [0.2, 0.25) is 0 Å². The van der Waals surface area contributed by atoms with Crippen LogP contribution in [-0.2, 0) is 0 Å². The third-order valence-corrected chi connectivity index (χ3v) is 2.70. The van der Waals surface area contributed by atoms with Crippen molar-refractivity contribution in [2.45, 2.75) is 13.8 Å². The van der Waals surface area contributed by atoms with Crippen LogP contribution in [0.25, 0.3) is 11.3 Å². The predicted molar refractivity (Wildman–Crippen MR) is 63.4 cm³/mol. The standard InChI is InChI=1S/C13H13NO3/c1-8-5-11(16-3)9(2)4-10(8)13-12(6-15)17-7-14-13/h4-7H,1-3H3. The molecule has 1 aromatic carbocycles. The largest absolute Gasteiger partial charge is 0.496 e. The van der Waals surface area contributed by atoms with Gasteiger partial charge in [-0.1, -0.05) is 0 Å². The van der Waals surface area contributed by atoms with E-state index in [0.717, 1.165) is 22.4 Å². The molecule has 0 radical (unpaired) electrons. The second-order valence-electron chi connectivity index (χ2n) is 3.82. The molecule has 0 amide bonds. The van der Waals surface area contributed by atoms with Crippen LogP contribution in [0.3, 0.4) is 0 Å². The van der Waals surface area contributed by atoms with E-state index in [1.54, 1.807) is 7.11 Å². The Bertz CT molecular complexity index is 558. The number of benzene rings is 1. The van der Waals surface area contributed by atoms with Gasteiger partial charge in [-0.3, -0.25) is 4.79 Å². The second kappa shape index (κ2) is 4.41. The molecule has 0 unspecified atom stereocenters. The minimum Gasteiger partial charge on any atom is -0.496 e. The molecule has 2 aromatic rings. The summed E-state index contributed by atoms with van der Waals surface area (Å²) in [5, 5.41) is 0. The Balaban J connectivity index is 2.60. The van der Waals surface area contributed by atoms with Gasteiger partial charge in [0.1, 0.15) is 11.4 Å². The number of hydrogen-bond donors (Lipinski definition) is 0. The molecular formula is C13H13NO3. The summed E-state index contributed by atoms with van der Waals surface area (Å²) in [6.07, 6.45) is 1.94. The van der Waals surface area contributed by atoms with Crippen molar-refractivity contribution in [2.24, 2.45) is 0 Å². The van der Waals surface area contributed by atoms with Gasteiger partial charge >= 0.3 is 0 Å². The number of aromatic nitrogens is 1. The second-order valence-corrected chi connectivity index (χ2v) is 3.82. The maximum absolute atomic E-state index is 10.8. The van der Waals surface area contributed by atoms with Crippen LogP contribution in [0.5, 0.6) is 5.75 Å². The van der Waals surface area contributed by atoms with Gasteiger partial charge in [-0.05, 0) is 37.1 Å². The highest BCUT2D eigenvalue weighted by Crippen LogP contribution is 2.30. The van der Waals surface area contributed by atoms with Crippen LogP contribution in [0, 0.1) is 13.8 Å². The van der Waals surface area contributed by atoms with Crippen LogP contribution in [0.1, 0.15) is 21.7 Å². The Labute approximate surface area is 99.2 Å². The van der Waals surface area contributed by atoms with Crippen molar-refractivity contribution in [2.75, 3.05) is 7.11 Å². The fourth-order valence-corrected chi connectivity index (χ4v) is 1.81. The van der Waals surface area contributed by atoms with Gasteiger partial charge < -0.3 is 9.15 Å². The van der Waals surface area contributed by atoms with Crippen LogP contribution >= 0.6 is 0 Å². The van der Waals surface area contributed by atoms with E-state index >= 15 is 0 Å². The van der Waals surface area contributed by atoms with Crippen molar-refractivity contribution in [3.63, 3.8) is 0 Å². The molecule has 0 N–H and O–H groups in total. The summed E-state index contributed by atoms with van der Waals surface area (Å²) in [7, 11) is 1.63. The van der Waals surface area contributed by atoms with E-state index in [0.29, 0.717) is 12.0 Å². The van der Waals surface area contributed by atoms with E-state index < -0.39 is 0 Å². The van der Waals surface area contributed by atoms with Crippen molar-refractivity contribution in [3.05, 3.63) is 35.4 Å². The summed E-state index contributed by atoms with van der Waals surface area (Å²) in [6.45, 7) is 3.89. The minimum atomic E-state index is 0.248. The molecule has 0 saturated heterocycles. The van der Waals surface area contributed by atoms with Crippen LogP contribution in [-0.4, -0.2) is 18.4 Å². The number of carbonyl (C=O) groups is 1. The molecule has 17 heavy (non-hydrogen) atoms. The monoisotopic (exact) mass is 231 g/mol. The van der Waals surface area contributed by atoms with E-state index in [1.165, 1.54) is 6.39 Å². The molecule has 0 saturated carbocycles. The lowest BCUT2D eigenvalue weighted by Gasteiger charge is -2.09. The van der Waals surface area contributed by atoms with E-state index in [4.69, 9.17) is 9.15 Å². The highest BCUT2D eigenvalue weighted by molar-refractivity contribution is 5.83. The lowest BCUT2D eigenvalue weighted by Crippen LogP contribution is -1.93. The highest BCUT2D eigenvalue weighted by Gasteiger charge is 2.14. The fourth-order valence-electron chi connectivity index (χ4n) is 1.81. The molecule has 88 valence electrons. The molecular weight excluding hydrogens is 218 g/mol. The Hall–Kier alpha value is -2.10. The van der Waals surface area contributed by atoms with Gasteiger partial charge in [0.2, 0.25) is 0 Å². The predicted octanol–water partition coefficient (Wildman–Crippen LogP) is 2.78. The molecule has 1 heterocycles. The Morgan fingerprint density at radius 2 is 2.06 bits per heavy atom. The van der Waals surface area contributed by atoms with Crippen molar-refractivity contribution in [1.82, 2.24) is 4.98 Å². The molecule has 0 aliphatic rings. The molecule has 1 aromatic heterocycles. The maximum atomic E-state index is 10.8. The van der Waals surface area contributed by atoms with Crippen LogP contribution in [0.4, 0.5) is 0 Å². The van der Waals surface area contributed by atoms with Gasteiger partial charge in [-0.15, -0.1) is 0 Å². The summed E-state index contributed by atoms with van der Waals surface area (Å²) in [4.78, 5) is 14.9. The number of oxazole rings is 1. The summed E-state index contributed by atoms with van der Waals surface area (Å²) >= 11 is 0. The quantitative estimate of drug-likeness (QED) is 0.762. The first kappa shape index (κ1) is 11.4. The molecule has 0 bridgehead atoms. The molecule has 0 aliphatic heterocycles. The van der Waals surface area contributed by atoms with Gasteiger partial charge in [-0.2, -0.15) is 0 Å². The summed E-state index contributed by atoms with van der Waals surface area (Å²) in [6, 6.07) is 3.87. The number of aldehydes is 1. The summed E-state index contributed by atoms with van der Waals surface area (Å²) in [5.74, 6) is 1.07. The summed E-state index contributed by atoms with van der Waals surface area (Å²) in [5.41, 5.74) is 3.44. The zero-order valence-corrected chi connectivity index (χ0v) is 9.98. The first-order valence-corrected chi connectivity index (χ1v) is 5.21. The normalized spacial score (nSPS) is 10.3. The first-order chi connectivity index (χ1) is 8.17. The lowest BCUT2D eigenvalue weighted by atomic mass is 10.0. The average molecular weight is 231 g/mol. The van der Waals surface area contributed by atoms with Crippen LogP contribution < -0.4 is 4.74 Å². The molecule has 4 nitrogen and oxygen atoms in total. The number of nitrogens with zero attached hydrogens (tertiary/aromatic N) is 1. The fraction of sp³-hybridized carbons (Fsp3) is 0.231. The smallest absolute Gasteiger partial charge is 0.194 e. The van der Waals surface area contributed by atoms with Crippen molar-refractivity contribution < 1.29 is 13.9 Å². The summed E-state index contributed by atoms with van der Waals surface area (Å²) < 4.78 is 10.3.